The van der Waals surface area contributed by atoms with Crippen LogP contribution in [0, 0.1) is 0 Å². The van der Waals surface area contributed by atoms with E-state index in [-0.39, 0.29) is 5.91 Å². The van der Waals surface area contributed by atoms with Crippen molar-refractivity contribution in [1.29, 1.82) is 0 Å². The molecule has 0 spiro atoms. The van der Waals surface area contributed by atoms with Gasteiger partial charge in [0.05, 0.1) is 0 Å². The second kappa shape index (κ2) is 6.68. The van der Waals surface area contributed by atoms with E-state index in [4.69, 9.17) is 5.73 Å². The van der Waals surface area contributed by atoms with Crippen LogP contribution < -0.4 is 5.73 Å². The molecule has 0 unspecified atom stereocenters. The lowest BCUT2D eigenvalue weighted by molar-refractivity contribution is 0.0785. The van der Waals surface area contributed by atoms with Gasteiger partial charge in [0.25, 0.3) is 5.91 Å². The maximum atomic E-state index is 12.3. The van der Waals surface area contributed by atoms with E-state index in [1.54, 1.807) is 11.9 Å². The van der Waals surface area contributed by atoms with Gasteiger partial charge in [0.15, 0.2) is 0 Å². The molecule has 2 aromatic rings. The van der Waals surface area contributed by atoms with Crippen LogP contribution >= 0.6 is 15.9 Å². The van der Waals surface area contributed by atoms with Crippen molar-refractivity contribution in [1.82, 2.24) is 4.90 Å². The Morgan fingerprint density at radius 3 is 2.40 bits per heavy atom. The third-order valence-corrected chi connectivity index (χ3v) is 3.92. The van der Waals surface area contributed by atoms with Gasteiger partial charge in [-0.2, -0.15) is 0 Å². The smallest absolute Gasteiger partial charge is 0.253 e. The number of carbonyl (C=O) groups excluding carboxylic acids is 1. The summed E-state index contributed by atoms with van der Waals surface area (Å²) in [6, 6.07) is 15.3. The minimum absolute atomic E-state index is 0.00400. The molecule has 0 aromatic heterocycles. The number of hydrogen-bond donors (Lipinski definition) is 1. The first kappa shape index (κ1) is 14.8. The van der Waals surface area contributed by atoms with Crippen molar-refractivity contribution in [3.05, 3.63) is 69.7 Å². The molecule has 2 N–H and O–H groups in total. The van der Waals surface area contributed by atoms with Gasteiger partial charge in [-0.15, -0.1) is 0 Å². The molecule has 4 heteroatoms. The highest BCUT2D eigenvalue weighted by Crippen LogP contribution is 2.18. The Bertz CT molecular complexity index is 596. The Balaban J connectivity index is 2.10. The van der Waals surface area contributed by atoms with Crippen LogP contribution in [0.2, 0.25) is 0 Å². The summed E-state index contributed by atoms with van der Waals surface area (Å²) in [6.45, 7) is 1.06. The molecule has 2 aromatic carbocycles. The van der Waals surface area contributed by atoms with Gasteiger partial charge in [-0.3, -0.25) is 4.79 Å². The third-order valence-electron chi connectivity index (χ3n) is 3.15. The van der Waals surface area contributed by atoms with Gasteiger partial charge in [0.2, 0.25) is 0 Å². The van der Waals surface area contributed by atoms with Crippen LogP contribution in [-0.4, -0.2) is 17.9 Å². The SMILES string of the molecule is CN(Cc1ccccc1Br)C(=O)c1ccc(CN)cc1. The number of nitrogens with zero attached hydrogens (tertiary/aromatic N) is 1. The first-order valence-corrected chi connectivity index (χ1v) is 7.19. The molecule has 0 bridgehead atoms. The van der Waals surface area contributed by atoms with Gasteiger partial charge in [0, 0.05) is 30.2 Å². The van der Waals surface area contributed by atoms with Crippen LogP contribution in [0.25, 0.3) is 0 Å². The molecular weight excluding hydrogens is 316 g/mol. The van der Waals surface area contributed by atoms with E-state index < -0.39 is 0 Å². The average Bonchev–Trinajstić information content (AvgIpc) is 2.49. The number of rotatable bonds is 4. The topological polar surface area (TPSA) is 46.3 Å². The highest BCUT2D eigenvalue weighted by molar-refractivity contribution is 9.10. The molecule has 0 saturated carbocycles. The summed E-state index contributed by atoms with van der Waals surface area (Å²) < 4.78 is 1.01. The quantitative estimate of drug-likeness (QED) is 0.934. The highest BCUT2D eigenvalue weighted by Gasteiger charge is 2.12. The van der Waals surface area contributed by atoms with Crippen molar-refractivity contribution >= 4 is 21.8 Å². The molecule has 20 heavy (non-hydrogen) atoms. The Morgan fingerprint density at radius 2 is 1.80 bits per heavy atom. The van der Waals surface area contributed by atoms with Crippen LogP contribution in [0.5, 0.6) is 0 Å². The maximum Gasteiger partial charge on any atom is 0.253 e. The van der Waals surface area contributed by atoms with E-state index in [0.29, 0.717) is 18.7 Å². The fraction of sp³-hybridized carbons (Fsp3) is 0.188. The maximum absolute atomic E-state index is 12.3. The summed E-state index contributed by atoms with van der Waals surface area (Å²) in [5.74, 6) is 0.00400. The van der Waals surface area contributed by atoms with Crippen LogP contribution in [0.3, 0.4) is 0 Å². The number of carbonyl (C=O) groups is 1. The molecule has 104 valence electrons. The van der Waals surface area contributed by atoms with Crippen molar-refractivity contribution in [3.63, 3.8) is 0 Å². The average molecular weight is 333 g/mol. The van der Waals surface area contributed by atoms with Gasteiger partial charge >= 0.3 is 0 Å². The Morgan fingerprint density at radius 1 is 1.15 bits per heavy atom. The number of benzene rings is 2. The number of amides is 1. The first-order valence-electron chi connectivity index (χ1n) is 6.39. The molecule has 0 aliphatic carbocycles. The van der Waals surface area contributed by atoms with E-state index in [9.17, 15) is 4.79 Å². The molecule has 3 nitrogen and oxygen atoms in total. The molecule has 1 amide bonds. The fourth-order valence-electron chi connectivity index (χ4n) is 1.96. The van der Waals surface area contributed by atoms with E-state index in [2.05, 4.69) is 15.9 Å². The second-order valence-corrected chi connectivity index (χ2v) is 5.51. The van der Waals surface area contributed by atoms with Crippen molar-refractivity contribution in [2.45, 2.75) is 13.1 Å². The summed E-state index contributed by atoms with van der Waals surface area (Å²) >= 11 is 3.50. The van der Waals surface area contributed by atoms with Crippen LogP contribution in [0.4, 0.5) is 0 Å². The van der Waals surface area contributed by atoms with Gasteiger partial charge in [-0.25, -0.2) is 0 Å². The molecule has 2 rings (SSSR count). The number of halogens is 1. The molecule has 0 aliphatic heterocycles. The Kier molecular flexibility index (Phi) is 4.93. The van der Waals surface area contributed by atoms with Gasteiger partial charge < -0.3 is 10.6 Å². The summed E-state index contributed by atoms with van der Waals surface area (Å²) in [7, 11) is 1.80. The summed E-state index contributed by atoms with van der Waals surface area (Å²) in [5, 5.41) is 0. The summed E-state index contributed by atoms with van der Waals surface area (Å²) in [5.41, 5.74) is 8.34. The normalized spacial score (nSPS) is 10.3. The van der Waals surface area contributed by atoms with E-state index in [0.717, 1.165) is 15.6 Å². The molecular formula is C16H17BrN2O. The minimum atomic E-state index is 0.00400. The highest BCUT2D eigenvalue weighted by atomic mass is 79.9. The Hall–Kier alpha value is -1.65. The zero-order valence-electron chi connectivity index (χ0n) is 11.3. The summed E-state index contributed by atoms with van der Waals surface area (Å²) in [4.78, 5) is 14.0. The fourth-order valence-corrected chi connectivity index (χ4v) is 2.37. The predicted molar refractivity (Wildman–Crippen MR) is 84.3 cm³/mol. The van der Waals surface area contributed by atoms with Crippen molar-refractivity contribution < 1.29 is 4.79 Å². The molecule has 0 heterocycles. The van der Waals surface area contributed by atoms with E-state index in [1.165, 1.54) is 0 Å². The van der Waals surface area contributed by atoms with Gasteiger partial charge in [-0.05, 0) is 29.3 Å². The molecule has 0 aliphatic rings. The summed E-state index contributed by atoms with van der Waals surface area (Å²) in [6.07, 6.45) is 0. The van der Waals surface area contributed by atoms with Crippen LogP contribution in [0.15, 0.2) is 53.0 Å². The van der Waals surface area contributed by atoms with Crippen LogP contribution in [0.1, 0.15) is 21.5 Å². The van der Waals surface area contributed by atoms with Crippen LogP contribution in [-0.2, 0) is 13.1 Å². The zero-order chi connectivity index (χ0) is 14.5. The van der Waals surface area contributed by atoms with Crippen molar-refractivity contribution in [2.75, 3.05) is 7.05 Å². The van der Waals surface area contributed by atoms with Gasteiger partial charge in [-0.1, -0.05) is 46.3 Å². The first-order chi connectivity index (χ1) is 9.61. The second-order valence-electron chi connectivity index (χ2n) is 4.65. The van der Waals surface area contributed by atoms with Crippen molar-refractivity contribution in [3.8, 4) is 0 Å². The largest absolute Gasteiger partial charge is 0.337 e. The van der Waals surface area contributed by atoms with Gasteiger partial charge in [0.1, 0.15) is 0 Å². The molecule has 0 radical (unpaired) electrons. The standard InChI is InChI=1S/C16H17BrN2O/c1-19(11-14-4-2-3-5-15(14)17)16(20)13-8-6-12(10-18)7-9-13/h2-9H,10-11,18H2,1H3. The Labute approximate surface area is 127 Å². The molecule has 0 atom stereocenters. The zero-order valence-corrected chi connectivity index (χ0v) is 12.9. The lowest BCUT2D eigenvalue weighted by Gasteiger charge is -2.18. The van der Waals surface area contributed by atoms with E-state index >= 15 is 0 Å². The third kappa shape index (κ3) is 3.46. The van der Waals surface area contributed by atoms with Crippen molar-refractivity contribution in [2.24, 2.45) is 5.73 Å². The molecule has 0 saturated heterocycles. The predicted octanol–water partition coefficient (Wildman–Crippen LogP) is 3.18. The lowest BCUT2D eigenvalue weighted by atomic mass is 10.1. The monoisotopic (exact) mass is 332 g/mol. The molecule has 0 fully saturated rings. The number of hydrogen-bond acceptors (Lipinski definition) is 2. The minimum Gasteiger partial charge on any atom is -0.337 e. The lowest BCUT2D eigenvalue weighted by Crippen LogP contribution is -2.26. The number of nitrogens with two attached hydrogens (primary N) is 1. The van der Waals surface area contributed by atoms with E-state index in [1.807, 2.05) is 48.5 Å².